The second-order valence-corrected chi connectivity index (χ2v) is 4.35. The summed E-state index contributed by atoms with van der Waals surface area (Å²) in [4.78, 5) is 4.37. The largest absolute Gasteiger partial charge is 0.326 e. The fourth-order valence-electron chi connectivity index (χ4n) is 1.69. The molecule has 0 aliphatic carbocycles. The SMILES string of the molecule is CNCc1ncc(C)n1C(C)(C)C. The van der Waals surface area contributed by atoms with Crippen molar-refractivity contribution < 1.29 is 0 Å². The van der Waals surface area contributed by atoms with Crippen LogP contribution < -0.4 is 5.32 Å². The van der Waals surface area contributed by atoms with E-state index >= 15 is 0 Å². The van der Waals surface area contributed by atoms with Gasteiger partial charge in [0.2, 0.25) is 0 Å². The third-order valence-electron chi connectivity index (χ3n) is 2.02. The third kappa shape index (κ3) is 2.10. The van der Waals surface area contributed by atoms with Crippen molar-refractivity contribution in [1.82, 2.24) is 14.9 Å². The molecule has 1 rings (SSSR count). The van der Waals surface area contributed by atoms with Gasteiger partial charge in [-0.15, -0.1) is 0 Å². The minimum absolute atomic E-state index is 0.118. The van der Waals surface area contributed by atoms with Crippen LogP contribution in [0.15, 0.2) is 6.20 Å². The predicted molar refractivity (Wildman–Crippen MR) is 54.7 cm³/mol. The summed E-state index contributed by atoms with van der Waals surface area (Å²) in [5.41, 5.74) is 1.34. The molecular formula is C10H19N3. The van der Waals surface area contributed by atoms with Gasteiger partial charge in [0.25, 0.3) is 0 Å². The lowest BCUT2D eigenvalue weighted by Gasteiger charge is -2.25. The van der Waals surface area contributed by atoms with E-state index in [0.717, 1.165) is 12.4 Å². The summed E-state index contributed by atoms with van der Waals surface area (Å²) in [5, 5.41) is 3.13. The van der Waals surface area contributed by atoms with Crippen molar-refractivity contribution in [2.75, 3.05) is 7.05 Å². The molecular weight excluding hydrogens is 162 g/mol. The minimum Gasteiger partial charge on any atom is -0.326 e. The van der Waals surface area contributed by atoms with Crippen molar-refractivity contribution >= 4 is 0 Å². The number of rotatable bonds is 2. The van der Waals surface area contributed by atoms with Crippen LogP contribution in [-0.4, -0.2) is 16.6 Å². The zero-order valence-corrected chi connectivity index (χ0v) is 9.18. The van der Waals surface area contributed by atoms with E-state index < -0.39 is 0 Å². The highest BCUT2D eigenvalue weighted by Gasteiger charge is 2.18. The van der Waals surface area contributed by atoms with Gasteiger partial charge in [-0.25, -0.2) is 4.98 Å². The zero-order chi connectivity index (χ0) is 10.1. The highest BCUT2D eigenvalue weighted by atomic mass is 15.1. The normalized spacial score (nSPS) is 12.1. The van der Waals surface area contributed by atoms with E-state index in [-0.39, 0.29) is 5.54 Å². The first kappa shape index (κ1) is 10.3. The van der Waals surface area contributed by atoms with Crippen LogP contribution in [0.25, 0.3) is 0 Å². The first-order valence-corrected chi connectivity index (χ1v) is 4.65. The number of hydrogen-bond acceptors (Lipinski definition) is 2. The average Bonchev–Trinajstić information content (AvgIpc) is 2.31. The second kappa shape index (κ2) is 3.50. The zero-order valence-electron chi connectivity index (χ0n) is 9.18. The van der Waals surface area contributed by atoms with Gasteiger partial charge in [0, 0.05) is 17.4 Å². The van der Waals surface area contributed by atoms with Gasteiger partial charge in [-0.05, 0) is 34.7 Å². The molecule has 1 aromatic rings. The average molecular weight is 181 g/mol. The summed E-state index contributed by atoms with van der Waals surface area (Å²) in [5.74, 6) is 1.10. The molecule has 3 nitrogen and oxygen atoms in total. The van der Waals surface area contributed by atoms with Gasteiger partial charge in [0.05, 0.1) is 6.54 Å². The molecule has 0 saturated heterocycles. The number of aryl methyl sites for hydroxylation is 1. The molecule has 0 aliphatic heterocycles. The first-order chi connectivity index (χ1) is 5.96. The molecule has 0 fully saturated rings. The van der Waals surface area contributed by atoms with Crippen LogP contribution in [0.1, 0.15) is 32.3 Å². The van der Waals surface area contributed by atoms with Crippen molar-refractivity contribution in [3.63, 3.8) is 0 Å². The van der Waals surface area contributed by atoms with E-state index in [1.54, 1.807) is 0 Å². The van der Waals surface area contributed by atoms with Gasteiger partial charge in [-0.2, -0.15) is 0 Å². The molecule has 0 aromatic carbocycles. The fourth-order valence-corrected chi connectivity index (χ4v) is 1.69. The van der Waals surface area contributed by atoms with E-state index in [2.05, 4.69) is 42.6 Å². The molecule has 0 aliphatic rings. The molecule has 13 heavy (non-hydrogen) atoms. The van der Waals surface area contributed by atoms with Gasteiger partial charge in [-0.1, -0.05) is 0 Å². The number of hydrogen-bond donors (Lipinski definition) is 1. The van der Waals surface area contributed by atoms with Gasteiger partial charge in [0.1, 0.15) is 5.82 Å². The van der Waals surface area contributed by atoms with Crippen LogP contribution in [0.3, 0.4) is 0 Å². The van der Waals surface area contributed by atoms with E-state index in [1.165, 1.54) is 5.69 Å². The molecule has 0 amide bonds. The number of imidazole rings is 1. The van der Waals surface area contributed by atoms with E-state index in [9.17, 15) is 0 Å². The molecule has 1 N–H and O–H groups in total. The van der Waals surface area contributed by atoms with Crippen LogP contribution in [0, 0.1) is 6.92 Å². The van der Waals surface area contributed by atoms with Crippen LogP contribution in [-0.2, 0) is 12.1 Å². The Balaban J connectivity index is 3.09. The molecule has 1 aromatic heterocycles. The van der Waals surface area contributed by atoms with Gasteiger partial charge in [0.15, 0.2) is 0 Å². The first-order valence-electron chi connectivity index (χ1n) is 4.65. The maximum absolute atomic E-state index is 4.37. The van der Waals surface area contributed by atoms with Crippen LogP contribution in [0.2, 0.25) is 0 Å². The summed E-state index contributed by atoms with van der Waals surface area (Å²) >= 11 is 0. The molecule has 0 spiro atoms. The Morgan fingerprint density at radius 2 is 2.08 bits per heavy atom. The van der Waals surface area contributed by atoms with Crippen molar-refractivity contribution in [2.45, 2.75) is 39.8 Å². The lowest BCUT2D eigenvalue weighted by molar-refractivity contribution is 0.372. The van der Waals surface area contributed by atoms with E-state index in [0.29, 0.717) is 0 Å². The standard InChI is InChI=1S/C10H19N3/c1-8-6-12-9(7-11-5)13(8)10(2,3)4/h6,11H,7H2,1-5H3. The van der Waals surface area contributed by atoms with Crippen molar-refractivity contribution in [3.05, 3.63) is 17.7 Å². The summed E-state index contributed by atoms with van der Waals surface area (Å²) in [6.45, 7) is 9.50. The number of aromatic nitrogens is 2. The van der Waals surface area contributed by atoms with Crippen molar-refractivity contribution in [2.24, 2.45) is 0 Å². The molecule has 0 saturated carbocycles. The summed E-state index contributed by atoms with van der Waals surface area (Å²) in [6, 6.07) is 0. The second-order valence-electron chi connectivity index (χ2n) is 4.35. The van der Waals surface area contributed by atoms with Crippen LogP contribution in [0.5, 0.6) is 0 Å². The van der Waals surface area contributed by atoms with Crippen LogP contribution >= 0.6 is 0 Å². The molecule has 0 unspecified atom stereocenters. The Labute approximate surface area is 80.2 Å². The lowest BCUT2D eigenvalue weighted by Crippen LogP contribution is -2.27. The Hall–Kier alpha value is -0.830. The summed E-state index contributed by atoms with van der Waals surface area (Å²) in [6.07, 6.45) is 1.93. The summed E-state index contributed by atoms with van der Waals surface area (Å²) < 4.78 is 2.27. The Morgan fingerprint density at radius 1 is 1.46 bits per heavy atom. The minimum atomic E-state index is 0.118. The Morgan fingerprint density at radius 3 is 2.54 bits per heavy atom. The Bertz CT molecular complexity index is 281. The number of nitrogens with one attached hydrogen (secondary N) is 1. The Kier molecular flexibility index (Phi) is 2.76. The van der Waals surface area contributed by atoms with Gasteiger partial charge >= 0.3 is 0 Å². The maximum Gasteiger partial charge on any atom is 0.123 e. The van der Waals surface area contributed by atoms with Gasteiger partial charge in [-0.3, -0.25) is 0 Å². The highest BCUT2D eigenvalue weighted by molar-refractivity contribution is 5.07. The maximum atomic E-state index is 4.37. The van der Waals surface area contributed by atoms with Crippen molar-refractivity contribution in [3.8, 4) is 0 Å². The molecule has 74 valence electrons. The van der Waals surface area contributed by atoms with Crippen molar-refractivity contribution in [1.29, 1.82) is 0 Å². The predicted octanol–water partition coefficient (Wildman–Crippen LogP) is 1.67. The molecule has 3 heteroatoms. The molecule has 1 heterocycles. The fraction of sp³-hybridized carbons (Fsp3) is 0.700. The third-order valence-corrected chi connectivity index (χ3v) is 2.02. The quantitative estimate of drug-likeness (QED) is 0.752. The van der Waals surface area contributed by atoms with E-state index in [1.807, 2.05) is 13.2 Å². The van der Waals surface area contributed by atoms with Gasteiger partial charge < -0.3 is 9.88 Å². The monoisotopic (exact) mass is 181 g/mol. The van der Waals surface area contributed by atoms with E-state index in [4.69, 9.17) is 0 Å². The lowest BCUT2D eigenvalue weighted by atomic mass is 10.1. The summed E-state index contributed by atoms with van der Waals surface area (Å²) in [7, 11) is 1.94. The molecule has 0 bridgehead atoms. The molecule has 0 atom stereocenters. The topological polar surface area (TPSA) is 29.9 Å². The smallest absolute Gasteiger partial charge is 0.123 e. The highest BCUT2D eigenvalue weighted by Crippen LogP contribution is 2.19. The van der Waals surface area contributed by atoms with Crippen LogP contribution in [0.4, 0.5) is 0 Å². The number of nitrogens with zero attached hydrogens (tertiary/aromatic N) is 2. The molecule has 0 radical (unpaired) electrons.